The molecule has 0 aliphatic carbocycles. The van der Waals surface area contributed by atoms with E-state index in [-0.39, 0.29) is 18.6 Å². The van der Waals surface area contributed by atoms with Gasteiger partial charge in [-0.3, -0.25) is 4.79 Å². The van der Waals surface area contributed by atoms with E-state index in [0.29, 0.717) is 11.3 Å². The maximum Gasteiger partial charge on any atom is 0.258 e. The number of piperidine rings is 1. The number of hydrogen-bond acceptors (Lipinski definition) is 4. The van der Waals surface area contributed by atoms with Crippen molar-refractivity contribution < 1.29 is 9.53 Å². The van der Waals surface area contributed by atoms with Crippen LogP contribution in [0.3, 0.4) is 0 Å². The highest BCUT2D eigenvalue weighted by Crippen LogP contribution is 2.12. The van der Waals surface area contributed by atoms with Gasteiger partial charge in [-0.15, -0.1) is 0 Å². The van der Waals surface area contributed by atoms with Crippen molar-refractivity contribution in [2.45, 2.75) is 18.9 Å². The molecule has 2 rings (SSSR count). The smallest absolute Gasteiger partial charge is 0.258 e. The maximum absolute atomic E-state index is 11.8. The molecule has 1 aliphatic rings. The molecule has 20 heavy (non-hydrogen) atoms. The van der Waals surface area contributed by atoms with Gasteiger partial charge in [0.15, 0.2) is 6.61 Å². The number of nitrogens with one attached hydrogen (secondary N) is 1. The molecule has 0 spiro atoms. The molecule has 5 nitrogen and oxygen atoms in total. The molecule has 1 fully saturated rings. The van der Waals surface area contributed by atoms with Crippen molar-refractivity contribution in [1.29, 1.82) is 5.26 Å². The van der Waals surface area contributed by atoms with E-state index in [2.05, 4.69) is 17.3 Å². The molecule has 0 radical (unpaired) electrons. The summed E-state index contributed by atoms with van der Waals surface area (Å²) in [6.07, 6.45) is 1.97. The summed E-state index contributed by atoms with van der Waals surface area (Å²) in [7, 11) is 2.09. The molecule has 0 aromatic heterocycles. The second kappa shape index (κ2) is 6.92. The standard InChI is InChI=1S/C15H19N3O2/c1-18-8-6-13(7-9-18)17-15(19)11-20-14-4-2-12(10-16)3-5-14/h2-5,13H,6-9,11H2,1H3,(H,17,19). The lowest BCUT2D eigenvalue weighted by Gasteiger charge is -2.29. The number of nitriles is 1. The average molecular weight is 273 g/mol. The van der Waals surface area contributed by atoms with Gasteiger partial charge in [0.1, 0.15) is 5.75 Å². The van der Waals surface area contributed by atoms with E-state index in [9.17, 15) is 4.79 Å². The Bertz CT molecular complexity index is 485. The van der Waals surface area contributed by atoms with Gasteiger partial charge in [0, 0.05) is 6.04 Å². The van der Waals surface area contributed by atoms with Crippen molar-refractivity contribution in [1.82, 2.24) is 10.2 Å². The Morgan fingerprint density at radius 1 is 1.40 bits per heavy atom. The molecule has 1 saturated heterocycles. The third kappa shape index (κ3) is 4.25. The lowest BCUT2D eigenvalue weighted by Crippen LogP contribution is -2.44. The zero-order valence-electron chi connectivity index (χ0n) is 11.6. The van der Waals surface area contributed by atoms with E-state index in [1.807, 2.05) is 6.07 Å². The van der Waals surface area contributed by atoms with Crippen LogP contribution in [0.1, 0.15) is 18.4 Å². The highest BCUT2D eigenvalue weighted by atomic mass is 16.5. The fourth-order valence-corrected chi connectivity index (χ4v) is 2.20. The number of amides is 1. The first kappa shape index (κ1) is 14.4. The number of rotatable bonds is 4. The number of carbonyl (C=O) groups excluding carboxylic acids is 1. The number of ether oxygens (including phenoxy) is 1. The van der Waals surface area contributed by atoms with Crippen LogP contribution in [0.2, 0.25) is 0 Å². The fraction of sp³-hybridized carbons (Fsp3) is 0.467. The van der Waals surface area contributed by atoms with E-state index >= 15 is 0 Å². The van der Waals surface area contributed by atoms with Crippen LogP contribution in [0.4, 0.5) is 0 Å². The van der Waals surface area contributed by atoms with Gasteiger partial charge in [-0.25, -0.2) is 0 Å². The molecule has 1 amide bonds. The van der Waals surface area contributed by atoms with E-state index in [1.165, 1.54) is 0 Å². The van der Waals surface area contributed by atoms with Gasteiger partial charge in [-0.1, -0.05) is 0 Å². The Morgan fingerprint density at radius 2 is 2.05 bits per heavy atom. The molecule has 0 atom stereocenters. The first-order valence-corrected chi connectivity index (χ1v) is 6.78. The summed E-state index contributed by atoms with van der Waals surface area (Å²) >= 11 is 0. The van der Waals surface area contributed by atoms with Crippen LogP contribution in [0, 0.1) is 11.3 Å². The van der Waals surface area contributed by atoms with Gasteiger partial charge in [0.25, 0.3) is 5.91 Å². The number of likely N-dealkylation sites (tertiary alicyclic amines) is 1. The Morgan fingerprint density at radius 3 is 2.65 bits per heavy atom. The second-order valence-corrected chi connectivity index (χ2v) is 5.07. The van der Waals surface area contributed by atoms with Crippen molar-refractivity contribution in [2.24, 2.45) is 0 Å². The maximum atomic E-state index is 11.8. The summed E-state index contributed by atoms with van der Waals surface area (Å²) in [5.41, 5.74) is 0.577. The van der Waals surface area contributed by atoms with Crippen LogP contribution < -0.4 is 10.1 Å². The minimum Gasteiger partial charge on any atom is -0.484 e. The minimum absolute atomic E-state index is 0.0121. The molecular weight excluding hydrogens is 254 g/mol. The van der Waals surface area contributed by atoms with Crippen LogP contribution in [0.25, 0.3) is 0 Å². The molecule has 0 bridgehead atoms. The summed E-state index contributed by atoms with van der Waals surface area (Å²) in [5, 5.41) is 11.7. The van der Waals surface area contributed by atoms with Gasteiger partial charge in [-0.2, -0.15) is 5.26 Å². The van der Waals surface area contributed by atoms with E-state index < -0.39 is 0 Å². The highest BCUT2D eigenvalue weighted by molar-refractivity contribution is 5.77. The lowest BCUT2D eigenvalue weighted by atomic mass is 10.1. The molecular formula is C15H19N3O2. The Kier molecular flexibility index (Phi) is 4.97. The second-order valence-electron chi connectivity index (χ2n) is 5.07. The SMILES string of the molecule is CN1CCC(NC(=O)COc2ccc(C#N)cc2)CC1. The zero-order valence-corrected chi connectivity index (χ0v) is 11.6. The molecule has 106 valence electrons. The van der Waals surface area contributed by atoms with Crippen LogP contribution >= 0.6 is 0 Å². The molecule has 1 aliphatic heterocycles. The third-order valence-corrected chi connectivity index (χ3v) is 3.44. The third-order valence-electron chi connectivity index (χ3n) is 3.44. The van der Waals surface area contributed by atoms with Gasteiger partial charge in [-0.05, 0) is 57.2 Å². The molecule has 0 unspecified atom stereocenters. The van der Waals surface area contributed by atoms with E-state index in [1.54, 1.807) is 24.3 Å². The van der Waals surface area contributed by atoms with Crippen LogP contribution in [-0.2, 0) is 4.79 Å². The molecule has 1 N–H and O–H groups in total. The quantitative estimate of drug-likeness (QED) is 0.893. The fourth-order valence-electron chi connectivity index (χ4n) is 2.20. The molecule has 5 heteroatoms. The van der Waals surface area contributed by atoms with Crippen molar-refractivity contribution >= 4 is 5.91 Å². The largest absolute Gasteiger partial charge is 0.484 e. The van der Waals surface area contributed by atoms with Gasteiger partial charge < -0.3 is 15.0 Å². The molecule has 1 aromatic carbocycles. The van der Waals surface area contributed by atoms with E-state index in [4.69, 9.17) is 10.00 Å². The first-order valence-electron chi connectivity index (χ1n) is 6.78. The first-order chi connectivity index (χ1) is 9.67. The number of nitrogens with zero attached hydrogens (tertiary/aromatic N) is 2. The Hall–Kier alpha value is -2.06. The van der Waals surface area contributed by atoms with Crippen molar-refractivity contribution in [3.63, 3.8) is 0 Å². The highest BCUT2D eigenvalue weighted by Gasteiger charge is 2.18. The monoisotopic (exact) mass is 273 g/mol. The van der Waals surface area contributed by atoms with Crippen LogP contribution in [0.15, 0.2) is 24.3 Å². The van der Waals surface area contributed by atoms with Gasteiger partial charge >= 0.3 is 0 Å². The summed E-state index contributed by atoms with van der Waals surface area (Å²) in [5.74, 6) is 0.506. The number of hydrogen-bond donors (Lipinski definition) is 1. The summed E-state index contributed by atoms with van der Waals surface area (Å²) < 4.78 is 5.40. The van der Waals surface area contributed by atoms with Crippen molar-refractivity contribution in [3.8, 4) is 11.8 Å². The lowest BCUT2D eigenvalue weighted by molar-refractivity contribution is -0.124. The predicted octanol–water partition coefficient (Wildman–Crippen LogP) is 1.15. The van der Waals surface area contributed by atoms with Crippen molar-refractivity contribution in [3.05, 3.63) is 29.8 Å². The zero-order chi connectivity index (χ0) is 14.4. The van der Waals surface area contributed by atoms with Crippen LogP contribution in [-0.4, -0.2) is 43.6 Å². The van der Waals surface area contributed by atoms with Crippen molar-refractivity contribution in [2.75, 3.05) is 26.7 Å². The normalized spacial score (nSPS) is 16.4. The molecule has 1 heterocycles. The van der Waals surface area contributed by atoms with Gasteiger partial charge in [0.05, 0.1) is 11.6 Å². The Labute approximate surface area is 119 Å². The van der Waals surface area contributed by atoms with Crippen LogP contribution in [0.5, 0.6) is 5.75 Å². The van der Waals surface area contributed by atoms with Gasteiger partial charge in [0.2, 0.25) is 0 Å². The topological polar surface area (TPSA) is 65.4 Å². The summed E-state index contributed by atoms with van der Waals surface area (Å²) in [6.45, 7) is 2.04. The molecule has 0 saturated carbocycles. The number of benzene rings is 1. The predicted molar refractivity (Wildman–Crippen MR) is 75.3 cm³/mol. The van der Waals surface area contributed by atoms with E-state index in [0.717, 1.165) is 25.9 Å². The number of carbonyl (C=O) groups is 1. The Balaban J connectivity index is 1.73. The summed E-state index contributed by atoms with van der Waals surface area (Å²) in [4.78, 5) is 14.0. The summed E-state index contributed by atoms with van der Waals surface area (Å²) in [6, 6.07) is 9.02. The molecule has 1 aromatic rings. The average Bonchev–Trinajstić information content (AvgIpc) is 2.48. The minimum atomic E-state index is -0.0936.